The van der Waals surface area contributed by atoms with Crippen LogP contribution in [0.1, 0.15) is 45.4 Å². The van der Waals surface area contributed by atoms with Gasteiger partial charge in [-0.05, 0) is 25.7 Å². The normalized spacial score (nSPS) is 25.2. The summed E-state index contributed by atoms with van der Waals surface area (Å²) in [5.74, 6) is -0.152. The Kier molecular flexibility index (Phi) is 4.58. The Morgan fingerprint density at radius 3 is 2.56 bits per heavy atom. The van der Waals surface area contributed by atoms with E-state index >= 15 is 0 Å². The fourth-order valence-electron chi connectivity index (χ4n) is 2.71. The van der Waals surface area contributed by atoms with E-state index in [-0.39, 0.29) is 23.8 Å². The van der Waals surface area contributed by atoms with Gasteiger partial charge in [0.1, 0.15) is 0 Å². The number of amides is 2. The number of hydroxylamine groups is 1. The summed E-state index contributed by atoms with van der Waals surface area (Å²) in [6, 6.07) is 0. The zero-order valence-electron chi connectivity index (χ0n) is 11.0. The Bertz CT molecular complexity index is 313. The van der Waals surface area contributed by atoms with Gasteiger partial charge in [0, 0.05) is 20.0 Å². The Morgan fingerprint density at radius 2 is 1.89 bits per heavy atom. The lowest BCUT2D eigenvalue weighted by molar-refractivity contribution is -0.145. The molecule has 1 saturated carbocycles. The van der Waals surface area contributed by atoms with Gasteiger partial charge in [-0.25, -0.2) is 5.48 Å². The van der Waals surface area contributed by atoms with Crippen molar-refractivity contribution >= 4 is 11.8 Å². The topological polar surface area (TPSA) is 58.6 Å². The maximum absolute atomic E-state index is 11.9. The number of piperidine rings is 1. The molecular weight excluding hydrogens is 232 g/mol. The standard InChI is InChI=1S/C13H22N2O3/c1-10(16)15-8-4-5-11(9-15)13(17)14-18-12-6-2-3-7-12/h11-12H,2-9H2,1H3,(H,14,17). The highest BCUT2D eigenvalue weighted by Gasteiger charge is 2.28. The highest BCUT2D eigenvalue weighted by atomic mass is 16.7. The van der Waals surface area contributed by atoms with Crippen LogP contribution in [-0.2, 0) is 14.4 Å². The van der Waals surface area contributed by atoms with E-state index in [2.05, 4.69) is 5.48 Å². The number of nitrogens with zero attached hydrogens (tertiary/aromatic N) is 1. The van der Waals surface area contributed by atoms with E-state index in [1.54, 1.807) is 11.8 Å². The molecule has 5 heteroatoms. The highest BCUT2D eigenvalue weighted by molar-refractivity contribution is 5.79. The molecule has 1 aliphatic carbocycles. The van der Waals surface area contributed by atoms with Gasteiger partial charge in [0.25, 0.3) is 0 Å². The van der Waals surface area contributed by atoms with Gasteiger partial charge in [0.15, 0.2) is 0 Å². The molecule has 2 fully saturated rings. The lowest BCUT2D eigenvalue weighted by Crippen LogP contribution is -2.45. The first kappa shape index (κ1) is 13.3. The van der Waals surface area contributed by atoms with Crippen molar-refractivity contribution < 1.29 is 14.4 Å². The highest BCUT2D eigenvalue weighted by Crippen LogP contribution is 2.21. The van der Waals surface area contributed by atoms with Crippen molar-refractivity contribution in [3.63, 3.8) is 0 Å². The van der Waals surface area contributed by atoms with E-state index in [1.807, 2.05) is 0 Å². The van der Waals surface area contributed by atoms with E-state index in [1.165, 1.54) is 12.8 Å². The van der Waals surface area contributed by atoms with Crippen molar-refractivity contribution in [2.24, 2.45) is 5.92 Å². The van der Waals surface area contributed by atoms with Crippen molar-refractivity contribution in [2.45, 2.75) is 51.6 Å². The maximum atomic E-state index is 11.9. The molecule has 1 aliphatic heterocycles. The van der Waals surface area contributed by atoms with Gasteiger partial charge in [0.2, 0.25) is 11.8 Å². The molecule has 2 aliphatic rings. The molecule has 0 radical (unpaired) electrons. The number of carbonyl (C=O) groups is 2. The number of nitrogens with one attached hydrogen (secondary N) is 1. The van der Waals surface area contributed by atoms with E-state index in [0.29, 0.717) is 6.54 Å². The third-order valence-corrected chi connectivity index (χ3v) is 3.87. The molecule has 0 bridgehead atoms. The van der Waals surface area contributed by atoms with Gasteiger partial charge in [-0.3, -0.25) is 14.4 Å². The lowest BCUT2D eigenvalue weighted by Gasteiger charge is -2.31. The average molecular weight is 254 g/mol. The summed E-state index contributed by atoms with van der Waals surface area (Å²) < 4.78 is 0. The van der Waals surface area contributed by atoms with Gasteiger partial charge < -0.3 is 4.90 Å². The molecule has 18 heavy (non-hydrogen) atoms. The summed E-state index contributed by atoms with van der Waals surface area (Å²) in [5, 5.41) is 0. The SMILES string of the molecule is CC(=O)N1CCCC(C(=O)NOC2CCCC2)C1. The number of carbonyl (C=O) groups excluding carboxylic acids is 2. The van der Waals surface area contributed by atoms with E-state index in [9.17, 15) is 9.59 Å². The van der Waals surface area contributed by atoms with Crippen LogP contribution < -0.4 is 5.48 Å². The van der Waals surface area contributed by atoms with Crippen LogP contribution in [0.5, 0.6) is 0 Å². The smallest absolute Gasteiger partial charge is 0.248 e. The monoisotopic (exact) mass is 254 g/mol. The number of rotatable bonds is 3. The first-order valence-electron chi connectivity index (χ1n) is 6.88. The number of hydrogen-bond donors (Lipinski definition) is 1. The van der Waals surface area contributed by atoms with Crippen molar-refractivity contribution in [3.05, 3.63) is 0 Å². The predicted octanol–water partition coefficient (Wildman–Crippen LogP) is 1.24. The van der Waals surface area contributed by atoms with Crippen LogP contribution in [0.2, 0.25) is 0 Å². The largest absolute Gasteiger partial charge is 0.342 e. The van der Waals surface area contributed by atoms with Gasteiger partial charge in [-0.1, -0.05) is 12.8 Å². The van der Waals surface area contributed by atoms with Crippen LogP contribution in [0, 0.1) is 5.92 Å². The van der Waals surface area contributed by atoms with E-state index in [0.717, 1.165) is 32.2 Å². The minimum Gasteiger partial charge on any atom is -0.342 e. The second-order valence-corrected chi connectivity index (χ2v) is 5.29. The third-order valence-electron chi connectivity index (χ3n) is 3.87. The van der Waals surface area contributed by atoms with Gasteiger partial charge in [-0.2, -0.15) is 0 Å². The molecular formula is C13H22N2O3. The molecule has 0 aromatic rings. The van der Waals surface area contributed by atoms with Gasteiger partial charge >= 0.3 is 0 Å². The van der Waals surface area contributed by atoms with Crippen LogP contribution in [0.15, 0.2) is 0 Å². The zero-order chi connectivity index (χ0) is 13.0. The van der Waals surface area contributed by atoms with Crippen LogP contribution in [0.3, 0.4) is 0 Å². The quantitative estimate of drug-likeness (QED) is 0.771. The van der Waals surface area contributed by atoms with Crippen molar-refractivity contribution in [3.8, 4) is 0 Å². The first-order chi connectivity index (χ1) is 8.66. The molecule has 0 aromatic carbocycles. The lowest BCUT2D eigenvalue weighted by atomic mass is 9.97. The molecule has 1 N–H and O–H groups in total. The molecule has 0 spiro atoms. The molecule has 1 unspecified atom stereocenters. The Morgan fingerprint density at radius 1 is 1.17 bits per heavy atom. The van der Waals surface area contributed by atoms with Crippen molar-refractivity contribution in [1.82, 2.24) is 10.4 Å². The predicted molar refractivity (Wildman–Crippen MR) is 66.5 cm³/mol. The summed E-state index contributed by atoms with van der Waals surface area (Å²) in [6.45, 7) is 2.84. The molecule has 2 amide bonds. The fourth-order valence-corrected chi connectivity index (χ4v) is 2.71. The second-order valence-electron chi connectivity index (χ2n) is 5.29. The van der Waals surface area contributed by atoms with Crippen LogP contribution in [0.25, 0.3) is 0 Å². The summed E-state index contributed by atoms with van der Waals surface area (Å²) in [4.78, 5) is 30.4. The zero-order valence-corrected chi connectivity index (χ0v) is 11.0. The average Bonchev–Trinajstić information content (AvgIpc) is 2.89. The van der Waals surface area contributed by atoms with Crippen molar-refractivity contribution in [2.75, 3.05) is 13.1 Å². The minimum absolute atomic E-state index is 0.0456. The summed E-state index contributed by atoms with van der Waals surface area (Å²) in [5.41, 5.74) is 2.58. The first-order valence-corrected chi connectivity index (χ1v) is 6.88. The maximum Gasteiger partial charge on any atom is 0.248 e. The molecule has 5 nitrogen and oxygen atoms in total. The fraction of sp³-hybridized carbons (Fsp3) is 0.846. The Balaban J connectivity index is 1.75. The molecule has 102 valence electrons. The number of likely N-dealkylation sites (tertiary alicyclic amines) is 1. The van der Waals surface area contributed by atoms with E-state index < -0.39 is 0 Å². The van der Waals surface area contributed by atoms with Crippen LogP contribution in [0.4, 0.5) is 0 Å². The van der Waals surface area contributed by atoms with Crippen LogP contribution >= 0.6 is 0 Å². The van der Waals surface area contributed by atoms with Gasteiger partial charge in [0.05, 0.1) is 12.0 Å². The number of hydrogen-bond acceptors (Lipinski definition) is 3. The van der Waals surface area contributed by atoms with Crippen molar-refractivity contribution in [1.29, 1.82) is 0 Å². The molecule has 1 saturated heterocycles. The summed E-state index contributed by atoms with van der Waals surface area (Å²) >= 11 is 0. The molecule has 0 aromatic heterocycles. The molecule has 2 rings (SSSR count). The third kappa shape index (κ3) is 3.45. The summed E-state index contributed by atoms with van der Waals surface area (Å²) in [7, 11) is 0. The summed E-state index contributed by atoms with van der Waals surface area (Å²) in [6.07, 6.45) is 6.34. The molecule has 1 atom stereocenters. The second kappa shape index (κ2) is 6.18. The van der Waals surface area contributed by atoms with E-state index in [4.69, 9.17) is 4.84 Å². The molecule has 1 heterocycles. The van der Waals surface area contributed by atoms with Crippen LogP contribution in [-0.4, -0.2) is 35.9 Å². The van der Waals surface area contributed by atoms with Gasteiger partial charge in [-0.15, -0.1) is 0 Å². The Labute approximate surface area is 108 Å². The minimum atomic E-state index is -0.121. The Hall–Kier alpha value is -1.10.